The highest BCUT2D eigenvalue weighted by molar-refractivity contribution is 7.92. The normalized spacial score (nSPS) is 14.9. The first-order valence-corrected chi connectivity index (χ1v) is 15.1. The standard InChI is InChI=1S/C27H35Cl2N3O4S/c1-5-24(27(34)30-22-8-6-7-9-22)31(16-20-11-12-21(28)15-23(20)29)26(33)17-32(37(4,35)36)25-13-10-18(2)14-19(25)3/h10-15,22,24H,5-9,16-17H2,1-4H3,(H,30,34)/t24-/m0/s1. The van der Waals surface area contributed by atoms with Crippen molar-refractivity contribution in [3.8, 4) is 0 Å². The van der Waals surface area contributed by atoms with Crippen LogP contribution in [0.25, 0.3) is 0 Å². The first kappa shape index (κ1) is 29.3. The maximum atomic E-state index is 13.8. The number of halogens is 2. The Hall–Kier alpha value is -2.29. The molecule has 1 N–H and O–H groups in total. The molecular formula is C27H35Cl2N3O4S. The Kier molecular flexibility index (Phi) is 9.89. The number of nitrogens with one attached hydrogen (secondary N) is 1. The molecule has 202 valence electrons. The van der Waals surface area contributed by atoms with E-state index in [-0.39, 0.29) is 18.5 Å². The van der Waals surface area contributed by atoms with Crippen LogP contribution in [0.1, 0.15) is 55.7 Å². The number of carbonyl (C=O) groups excluding carboxylic acids is 2. The highest BCUT2D eigenvalue weighted by Crippen LogP contribution is 2.27. The summed E-state index contributed by atoms with van der Waals surface area (Å²) in [4.78, 5) is 28.6. The van der Waals surface area contributed by atoms with Gasteiger partial charge in [0.1, 0.15) is 12.6 Å². The van der Waals surface area contributed by atoms with Gasteiger partial charge in [0.25, 0.3) is 0 Å². The van der Waals surface area contributed by atoms with Gasteiger partial charge in [0.15, 0.2) is 0 Å². The van der Waals surface area contributed by atoms with Gasteiger partial charge >= 0.3 is 0 Å². The molecule has 1 atom stereocenters. The van der Waals surface area contributed by atoms with Crippen molar-refractivity contribution in [3.63, 3.8) is 0 Å². The predicted octanol–water partition coefficient (Wildman–Crippen LogP) is 5.24. The zero-order valence-electron chi connectivity index (χ0n) is 21.8. The number of amides is 2. The molecule has 0 unspecified atom stereocenters. The van der Waals surface area contributed by atoms with Gasteiger partial charge < -0.3 is 10.2 Å². The number of anilines is 1. The minimum Gasteiger partial charge on any atom is -0.352 e. The summed E-state index contributed by atoms with van der Waals surface area (Å²) in [6.45, 7) is 5.15. The van der Waals surface area contributed by atoms with E-state index in [9.17, 15) is 18.0 Å². The van der Waals surface area contributed by atoms with E-state index < -0.39 is 28.5 Å². The summed E-state index contributed by atoms with van der Waals surface area (Å²) in [5.41, 5.74) is 2.75. The highest BCUT2D eigenvalue weighted by Gasteiger charge is 2.33. The Bertz CT molecular complexity index is 1250. The summed E-state index contributed by atoms with van der Waals surface area (Å²) >= 11 is 12.5. The number of benzene rings is 2. The van der Waals surface area contributed by atoms with E-state index in [1.165, 1.54) is 4.90 Å². The first-order chi connectivity index (χ1) is 17.4. The van der Waals surface area contributed by atoms with Crippen molar-refractivity contribution in [1.82, 2.24) is 10.2 Å². The molecule has 10 heteroatoms. The number of carbonyl (C=O) groups is 2. The zero-order valence-corrected chi connectivity index (χ0v) is 24.1. The van der Waals surface area contributed by atoms with Crippen molar-refractivity contribution in [2.24, 2.45) is 0 Å². The number of hydrogen-bond acceptors (Lipinski definition) is 4. The third-order valence-electron chi connectivity index (χ3n) is 6.74. The van der Waals surface area contributed by atoms with Gasteiger partial charge in [-0.2, -0.15) is 0 Å². The van der Waals surface area contributed by atoms with E-state index in [4.69, 9.17) is 23.2 Å². The van der Waals surface area contributed by atoms with Crippen LogP contribution in [0.3, 0.4) is 0 Å². The van der Waals surface area contributed by atoms with E-state index in [1.54, 1.807) is 37.3 Å². The van der Waals surface area contributed by atoms with Gasteiger partial charge in [-0.1, -0.05) is 66.7 Å². The molecule has 37 heavy (non-hydrogen) atoms. The predicted molar refractivity (Wildman–Crippen MR) is 150 cm³/mol. The lowest BCUT2D eigenvalue weighted by Gasteiger charge is -2.34. The molecule has 1 aliphatic carbocycles. The molecule has 1 saturated carbocycles. The van der Waals surface area contributed by atoms with Gasteiger partial charge in [-0.05, 0) is 62.4 Å². The van der Waals surface area contributed by atoms with Gasteiger partial charge in [-0.25, -0.2) is 8.42 Å². The van der Waals surface area contributed by atoms with Crippen LogP contribution >= 0.6 is 23.2 Å². The lowest BCUT2D eigenvalue weighted by atomic mass is 10.1. The molecule has 0 radical (unpaired) electrons. The molecule has 2 aromatic carbocycles. The molecule has 2 amide bonds. The van der Waals surface area contributed by atoms with Crippen LogP contribution in [0.5, 0.6) is 0 Å². The highest BCUT2D eigenvalue weighted by atomic mass is 35.5. The monoisotopic (exact) mass is 567 g/mol. The van der Waals surface area contributed by atoms with Crippen molar-refractivity contribution >= 4 is 50.7 Å². The molecule has 0 saturated heterocycles. The average molecular weight is 569 g/mol. The van der Waals surface area contributed by atoms with Gasteiger partial charge in [0, 0.05) is 22.6 Å². The second kappa shape index (κ2) is 12.5. The Labute approximate surface area is 230 Å². The first-order valence-electron chi connectivity index (χ1n) is 12.5. The molecule has 1 fully saturated rings. The van der Waals surface area contributed by atoms with Gasteiger partial charge in [0.05, 0.1) is 11.9 Å². The maximum absolute atomic E-state index is 13.8. The van der Waals surface area contributed by atoms with Crippen molar-refractivity contribution < 1.29 is 18.0 Å². The third kappa shape index (κ3) is 7.62. The molecule has 7 nitrogen and oxygen atoms in total. The van der Waals surface area contributed by atoms with E-state index in [0.29, 0.717) is 27.7 Å². The van der Waals surface area contributed by atoms with E-state index in [1.807, 2.05) is 19.9 Å². The minimum absolute atomic E-state index is 0.0376. The van der Waals surface area contributed by atoms with E-state index in [2.05, 4.69) is 5.32 Å². The fourth-order valence-electron chi connectivity index (χ4n) is 4.80. The Morgan fingerprint density at radius 2 is 1.76 bits per heavy atom. The van der Waals surface area contributed by atoms with Crippen molar-refractivity contribution in [3.05, 3.63) is 63.1 Å². The van der Waals surface area contributed by atoms with Crippen LogP contribution in [0.4, 0.5) is 5.69 Å². The minimum atomic E-state index is -3.80. The second-order valence-electron chi connectivity index (χ2n) is 9.73. The van der Waals surface area contributed by atoms with Gasteiger partial charge in [-0.15, -0.1) is 0 Å². The SMILES string of the molecule is CC[C@@H](C(=O)NC1CCCC1)N(Cc1ccc(Cl)cc1Cl)C(=O)CN(c1ccc(C)cc1C)S(C)(=O)=O. The number of rotatable bonds is 10. The van der Waals surface area contributed by atoms with Crippen LogP contribution in [0.15, 0.2) is 36.4 Å². The lowest BCUT2D eigenvalue weighted by molar-refractivity contribution is -0.140. The smallest absolute Gasteiger partial charge is 0.244 e. The molecule has 3 rings (SSSR count). The van der Waals surface area contributed by atoms with E-state index >= 15 is 0 Å². The van der Waals surface area contributed by atoms with Crippen LogP contribution in [-0.4, -0.2) is 50.0 Å². The van der Waals surface area contributed by atoms with Gasteiger partial charge in [0.2, 0.25) is 21.8 Å². The van der Waals surface area contributed by atoms with Crippen LogP contribution in [0, 0.1) is 13.8 Å². The second-order valence-corrected chi connectivity index (χ2v) is 12.5. The Balaban J connectivity index is 1.97. The summed E-state index contributed by atoms with van der Waals surface area (Å²) in [7, 11) is -3.80. The summed E-state index contributed by atoms with van der Waals surface area (Å²) < 4.78 is 26.7. The molecular weight excluding hydrogens is 533 g/mol. The molecule has 1 aliphatic rings. The van der Waals surface area contributed by atoms with Crippen molar-refractivity contribution in [1.29, 1.82) is 0 Å². The van der Waals surface area contributed by atoms with Crippen LogP contribution in [-0.2, 0) is 26.2 Å². The fourth-order valence-corrected chi connectivity index (χ4v) is 6.18. The van der Waals surface area contributed by atoms with E-state index in [0.717, 1.165) is 47.4 Å². The number of hydrogen-bond donors (Lipinski definition) is 1. The molecule has 2 aromatic rings. The molecule has 0 bridgehead atoms. The summed E-state index contributed by atoms with van der Waals surface area (Å²) in [5, 5.41) is 3.91. The van der Waals surface area contributed by atoms with Gasteiger partial charge in [-0.3, -0.25) is 13.9 Å². The number of aryl methyl sites for hydroxylation is 2. The summed E-state index contributed by atoms with van der Waals surface area (Å²) in [5.74, 6) is -0.741. The number of sulfonamides is 1. The fraction of sp³-hybridized carbons (Fsp3) is 0.481. The summed E-state index contributed by atoms with van der Waals surface area (Å²) in [6, 6.07) is 9.63. The average Bonchev–Trinajstić information content (AvgIpc) is 3.31. The summed E-state index contributed by atoms with van der Waals surface area (Å²) in [6.07, 6.45) is 5.37. The lowest BCUT2D eigenvalue weighted by Crippen LogP contribution is -2.53. The van der Waals surface area contributed by atoms with Crippen molar-refractivity contribution in [2.75, 3.05) is 17.1 Å². The zero-order chi connectivity index (χ0) is 27.3. The molecule has 0 aliphatic heterocycles. The molecule has 0 aromatic heterocycles. The topological polar surface area (TPSA) is 86.8 Å². The molecule has 0 heterocycles. The maximum Gasteiger partial charge on any atom is 0.244 e. The van der Waals surface area contributed by atoms with Crippen molar-refractivity contribution in [2.45, 2.75) is 71.5 Å². The quantitative estimate of drug-likeness (QED) is 0.425. The largest absolute Gasteiger partial charge is 0.352 e. The Morgan fingerprint density at radius 3 is 2.32 bits per heavy atom. The third-order valence-corrected chi connectivity index (χ3v) is 8.46. The number of nitrogens with zero attached hydrogens (tertiary/aromatic N) is 2. The molecule has 0 spiro atoms. The Morgan fingerprint density at radius 1 is 1.08 bits per heavy atom. The van der Waals surface area contributed by atoms with Crippen LogP contribution in [0.2, 0.25) is 10.0 Å². The van der Waals surface area contributed by atoms with Crippen LogP contribution < -0.4 is 9.62 Å².